The fourth-order valence-corrected chi connectivity index (χ4v) is 3.60. The van der Waals surface area contributed by atoms with Gasteiger partial charge in [-0.1, -0.05) is 23.7 Å². The molecule has 1 aliphatic rings. The average molecular weight is 374 g/mol. The van der Waals surface area contributed by atoms with Gasteiger partial charge in [-0.05, 0) is 56.4 Å². The molecule has 1 amide bonds. The van der Waals surface area contributed by atoms with E-state index < -0.39 is 0 Å². The maximum absolute atomic E-state index is 10.6. The van der Waals surface area contributed by atoms with Crippen LogP contribution in [0.2, 0.25) is 5.02 Å². The van der Waals surface area contributed by atoms with Crippen molar-refractivity contribution in [2.75, 3.05) is 23.8 Å². The first-order valence-electron chi connectivity index (χ1n) is 8.81. The number of aromatic nitrogens is 1. The number of nitrogens with zero attached hydrogens (tertiary/aromatic N) is 1. The number of halogens is 1. The molecule has 6 heteroatoms. The van der Waals surface area contributed by atoms with E-state index >= 15 is 0 Å². The number of amides is 1. The number of pyridine rings is 1. The van der Waals surface area contributed by atoms with Gasteiger partial charge in [0.25, 0.3) is 0 Å². The van der Waals surface area contributed by atoms with Crippen LogP contribution in [0.5, 0.6) is 0 Å². The molecule has 0 radical (unpaired) electrons. The van der Waals surface area contributed by atoms with Crippen molar-refractivity contribution >= 4 is 29.5 Å². The lowest BCUT2D eigenvalue weighted by Crippen LogP contribution is -2.36. The second kappa shape index (κ2) is 8.06. The third-order valence-corrected chi connectivity index (χ3v) is 4.93. The summed E-state index contributed by atoms with van der Waals surface area (Å²) in [5.74, 6) is 1.07. The molecular weight excluding hydrogens is 350 g/mol. The quantitative estimate of drug-likeness (QED) is 0.727. The molecule has 0 spiro atoms. The molecule has 0 bridgehead atoms. The largest absolute Gasteiger partial charge is 0.385 e. The van der Waals surface area contributed by atoms with Gasteiger partial charge in [0.2, 0.25) is 6.41 Å². The molecule has 138 valence electrons. The third-order valence-electron chi connectivity index (χ3n) is 4.63. The summed E-state index contributed by atoms with van der Waals surface area (Å²) in [6.45, 7) is 6.03. The lowest BCUT2D eigenvalue weighted by atomic mass is 9.88. The van der Waals surface area contributed by atoms with Crippen LogP contribution < -0.4 is 10.6 Å². The molecule has 1 aromatic heterocycles. The van der Waals surface area contributed by atoms with Crippen LogP contribution in [0, 0.1) is 5.92 Å². The molecular formula is C20H24ClN3O2. The number of carbonyl (C=O) groups excluding carboxylic acids is 1. The van der Waals surface area contributed by atoms with Crippen LogP contribution in [0.25, 0.3) is 11.1 Å². The van der Waals surface area contributed by atoms with Crippen molar-refractivity contribution in [3.63, 3.8) is 0 Å². The monoisotopic (exact) mass is 373 g/mol. The lowest BCUT2D eigenvalue weighted by molar-refractivity contribution is -0.105. The second-order valence-electron chi connectivity index (χ2n) is 7.24. The number of nitrogens with one attached hydrogen (secondary N) is 2. The van der Waals surface area contributed by atoms with Crippen LogP contribution in [-0.2, 0) is 9.53 Å². The second-order valence-corrected chi connectivity index (χ2v) is 7.65. The van der Waals surface area contributed by atoms with Crippen LogP contribution in [0.4, 0.5) is 11.5 Å². The van der Waals surface area contributed by atoms with E-state index in [9.17, 15) is 4.79 Å². The zero-order chi connectivity index (χ0) is 18.6. The molecule has 1 aromatic carbocycles. The highest BCUT2D eigenvalue weighted by Crippen LogP contribution is 2.32. The van der Waals surface area contributed by atoms with Gasteiger partial charge in [-0.2, -0.15) is 0 Å². The Bertz CT molecular complexity index is 779. The fraction of sp³-hybridized carbons (Fsp3) is 0.400. The first-order valence-corrected chi connectivity index (χ1v) is 9.19. The molecule has 1 unspecified atom stereocenters. The van der Waals surface area contributed by atoms with Gasteiger partial charge in [-0.15, -0.1) is 0 Å². The highest BCUT2D eigenvalue weighted by Gasteiger charge is 2.28. The van der Waals surface area contributed by atoms with Gasteiger partial charge in [0, 0.05) is 30.6 Å². The van der Waals surface area contributed by atoms with E-state index in [2.05, 4.69) is 35.5 Å². The minimum Gasteiger partial charge on any atom is -0.385 e. The molecule has 2 aromatic rings. The average Bonchev–Trinajstić information content (AvgIpc) is 2.61. The van der Waals surface area contributed by atoms with Gasteiger partial charge in [-0.3, -0.25) is 4.79 Å². The van der Waals surface area contributed by atoms with Gasteiger partial charge in [0.1, 0.15) is 5.82 Å². The van der Waals surface area contributed by atoms with E-state index in [0.717, 1.165) is 42.8 Å². The van der Waals surface area contributed by atoms with Crippen molar-refractivity contribution in [3.8, 4) is 11.1 Å². The van der Waals surface area contributed by atoms with E-state index in [4.69, 9.17) is 16.3 Å². The summed E-state index contributed by atoms with van der Waals surface area (Å²) in [7, 11) is 0. The third kappa shape index (κ3) is 4.74. The molecule has 1 saturated heterocycles. The molecule has 1 fully saturated rings. The summed E-state index contributed by atoms with van der Waals surface area (Å²) in [5, 5.41) is 6.64. The van der Waals surface area contributed by atoms with E-state index in [1.54, 1.807) is 12.3 Å². The maximum atomic E-state index is 10.6. The molecule has 0 saturated carbocycles. The first kappa shape index (κ1) is 18.7. The molecule has 26 heavy (non-hydrogen) atoms. The van der Waals surface area contributed by atoms with Gasteiger partial charge >= 0.3 is 0 Å². The molecule has 3 rings (SSSR count). The Morgan fingerprint density at radius 3 is 3.00 bits per heavy atom. The Hall–Kier alpha value is -2.11. The van der Waals surface area contributed by atoms with Gasteiger partial charge in [0.05, 0.1) is 10.6 Å². The first-order chi connectivity index (χ1) is 12.5. The number of hydrogen-bond donors (Lipinski definition) is 2. The lowest BCUT2D eigenvalue weighted by Gasteiger charge is -2.35. The Morgan fingerprint density at radius 1 is 1.38 bits per heavy atom. The summed E-state index contributed by atoms with van der Waals surface area (Å²) in [6, 6.07) is 9.88. The van der Waals surface area contributed by atoms with Crippen LogP contribution in [-0.4, -0.2) is 30.1 Å². The van der Waals surface area contributed by atoms with Crippen molar-refractivity contribution in [2.24, 2.45) is 5.92 Å². The van der Waals surface area contributed by atoms with Gasteiger partial charge in [-0.25, -0.2) is 4.98 Å². The fourth-order valence-electron chi connectivity index (χ4n) is 3.39. The predicted octanol–water partition coefficient (Wildman–Crippen LogP) is 4.59. The topological polar surface area (TPSA) is 63.2 Å². The summed E-state index contributed by atoms with van der Waals surface area (Å²) in [4.78, 5) is 14.7. The van der Waals surface area contributed by atoms with Crippen molar-refractivity contribution in [3.05, 3.63) is 41.6 Å². The van der Waals surface area contributed by atoms with Crippen LogP contribution >= 0.6 is 11.6 Å². The molecule has 0 aliphatic carbocycles. The highest BCUT2D eigenvalue weighted by atomic mass is 35.5. The van der Waals surface area contributed by atoms with Crippen LogP contribution in [0.3, 0.4) is 0 Å². The number of benzene rings is 1. The van der Waals surface area contributed by atoms with Crippen molar-refractivity contribution in [1.82, 2.24) is 4.98 Å². The standard InChI is InChI=1S/C20H24ClN3O2/c1-20(2)10-14(6-7-26-20)11-22-16-5-3-4-15(8-16)17-9-19(24-13-25)23-12-18(17)21/h3-5,8-9,12-14,22H,6-7,10-11H2,1-2H3,(H,23,24,25). The van der Waals surface area contributed by atoms with E-state index in [1.807, 2.05) is 18.2 Å². The number of carbonyl (C=O) groups is 1. The molecule has 5 nitrogen and oxygen atoms in total. The van der Waals surface area contributed by atoms with Gasteiger partial charge < -0.3 is 15.4 Å². The molecule has 2 heterocycles. The molecule has 2 N–H and O–H groups in total. The minimum atomic E-state index is -0.0427. The number of ether oxygens (including phenoxy) is 1. The summed E-state index contributed by atoms with van der Waals surface area (Å²) < 4.78 is 5.79. The Balaban J connectivity index is 1.72. The highest BCUT2D eigenvalue weighted by molar-refractivity contribution is 6.33. The SMILES string of the molecule is CC1(C)CC(CNc2cccc(-c3cc(NC=O)ncc3Cl)c2)CCO1. The Kier molecular flexibility index (Phi) is 5.79. The smallest absolute Gasteiger partial charge is 0.212 e. The number of hydrogen-bond acceptors (Lipinski definition) is 4. The summed E-state index contributed by atoms with van der Waals surface area (Å²) >= 11 is 6.30. The summed E-state index contributed by atoms with van der Waals surface area (Å²) in [6.07, 6.45) is 4.28. The van der Waals surface area contributed by atoms with E-state index in [-0.39, 0.29) is 5.60 Å². The zero-order valence-corrected chi connectivity index (χ0v) is 15.8. The Labute approximate surface area is 159 Å². The summed E-state index contributed by atoms with van der Waals surface area (Å²) in [5.41, 5.74) is 2.81. The normalized spacial score (nSPS) is 19.0. The van der Waals surface area contributed by atoms with Gasteiger partial charge in [0.15, 0.2) is 0 Å². The zero-order valence-electron chi connectivity index (χ0n) is 15.1. The van der Waals surface area contributed by atoms with Crippen LogP contribution in [0.15, 0.2) is 36.5 Å². The molecule has 1 atom stereocenters. The van der Waals surface area contributed by atoms with Crippen LogP contribution in [0.1, 0.15) is 26.7 Å². The number of anilines is 2. The molecule has 1 aliphatic heterocycles. The van der Waals surface area contributed by atoms with Crippen molar-refractivity contribution in [2.45, 2.75) is 32.3 Å². The van der Waals surface area contributed by atoms with Crippen molar-refractivity contribution < 1.29 is 9.53 Å². The Morgan fingerprint density at radius 2 is 2.23 bits per heavy atom. The maximum Gasteiger partial charge on any atom is 0.212 e. The van der Waals surface area contributed by atoms with E-state index in [1.165, 1.54) is 0 Å². The van der Waals surface area contributed by atoms with Crippen molar-refractivity contribution in [1.29, 1.82) is 0 Å². The predicted molar refractivity (Wildman–Crippen MR) is 106 cm³/mol. The number of rotatable bonds is 6. The van der Waals surface area contributed by atoms with E-state index in [0.29, 0.717) is 23.2 Å². The minimum absolute atomic E-state index is 0.0427.